The number of carbonyl (C=O) groups is 1. The third kappa shape index (κ3) is 3.88. The number of nitrogens with zero attached hydrogens (tertiary/aromatic N) is 3. The number of urea groups is 1. The van der Waals surface area contributed by atoms with Crippen molar-refractivity contribution in [2.75, 3.05) is 33.0 Å². The van der Waals surface area contributed by atoms with Crippen LogP contribution in [0.15, 0.2) is 42.7 Å². The van der Waals surface area contributed by atoms with Crippen LogP contribution in [0.1, 0.15) is 11.1 Å². The summed E-state index contributed by atoms with van der Waals surface area (Å²) in [5, 5.41) is 2.97. The average Bonchev–Trinajstić information content (AvgIpc) is 3.15. The minimum absolute atomic E-state index is 0.00968. The molecule has 0 spiro atoms. The minimum Gasteiger partial charge on any atom is -0.454 e. The van der Waals surface area contributed by atoms with Crippen LogP contribution in [0.2, 0.25) is 0 Å². The molecule has 1 aromatic carbocycles. The molecule has 0 radical (unpaired) electrons. The molecule has 1 N–H and O–H groups in total. The Morgan fingerprint density at radius 3 is 2.58 bits per heavy atom. The van der Waals surface area contributed by atoms with Gasteiger partial charge in [0.1, 0.15) is 0 Å². The van der Waals surface area contributed by atoms with Gasteiger partial charge in [-0.1, -0.05) is 6.07 Å². The van der Waals surface area contributed by atoms with Crippen LogP contribution in [-0.2, 0) is 13.1 Å². The van der Waals surface area contributed by atoms with Gasteiger partial charge in [-0.05, 0) is 35.4 Å². The van der Waals surface area contributed by atoms with Gasteiger partial charge in [-0.25, -0.2) is 4.79 Å². The lowest BCUT2D eigenvalue weighted by Crippen LogP contribution is -2.51. The lowest BCUT2D eigenvalue weighted by Gasteiger charge is -2.34. The van der Waals surface area contributed by atoms with Crippen molar-refractivity contribution in [2.24, 2.45) is 0 Å². The van der Waals surface area contributed by atoms with Crippen LogP contribution in [0.4, 0.5) is 4.79 Å². The summed E-state index contributed by atoms with van der Waals surface area (Å²) in [6, 6.07) is 9.87. The van der Waals surface area contributed by atoms with Crippen LogP contribution in [0, 0.1) is 0 Å². The van der Waals surface area contributed by atoms with Gasteiger partial charge >= 0.3 is 6.03 Å². The van der Waals surface area contributed by atoms with Crippen molar-refractivity contribution in [2.45, 2.75) is 13.1 Å². The maximum Gasteiger partial charge on any atom is 0.317 e. The van der Waals surface area contributed by atoms with Crippen LogP contribution in [0.25, 0.3) is 0 Å². The van der Waals surface area contributed by atoms with Gasteiger partial charge in [-0.2, -0.15) is 0 Å². The number of piperazine rings is 1. The van der Waals surface area contributed by atoms with E-state index in [0.717, 1.165) is 49.8 Å². The van der Waals surface area contributed by atoms with Crippen molar-refractivity contribution < 1.29 is 14.3 Å². The molecule has 0 aliphatic carbocycles. The normalized spacial score (nSPS) is 16.5. The number of hydrogen-bond donors (Lipinski definition) is 1. The lowest BCUT2D eigenvalue weighted by molar-refractivity contribution is 0.135. The first kappa shape index (κ1) is 16.7. The first-order valence-electron chi connectivity index (χ1n) is 8.80. The number of ether oxygens (including phenoxy) is 2. The number of benzene rings is 1. The topological polar surface area (TPSA) is 66.9 Å². The van der Waals surface area contributed by atoms with E-state index in [-0.39, 0.29) is 6.03 Å². The van der Waals surface area contributed by atoms with Gasteiger partial charge in [-0.15, -0.1) is 0 Å². The fourth-order valence-corrected chi connectivity index (χ4v) is 3.20. The largest absolute Gasteiger partial charge is 0.454 e. The predicted octanol–water partition coefficient (Wildman–Crippen LogP) is 1.84. The molecule has 1 saturated heterocycles. The zero-order chi connectivity index (χ0) is 17.8. The number of hydrogen-bond acceptors (Lipinski definition) is 5. The molecule has 1 fully saturated rings. The minimum atomic E-state index is -0.00968. The van der Waals surface area contributed by atoms with Crippen LogP contribution in [0.3, 0.4) is 0 Å². The molecule has 7 heteroatoms. The van der Waals surface area contributed by atoms with Gasteiger partial charge < -0.3 is 19.7 Å². The highest BCUT2D eigenvalue weighted by Crippen LogP contribution is 2.32. The number of pyridine rings is 1. The van der Waals surface area contributed by atoms with Gasteiger partial charge in [0.05, 0.1) is 0 Å². The number of amides is 2. The van der Waals surface area contributed by atoms with Crippen molar-refractivity contribution in [1.82, 2.24) is 20.1 Å². The molecular weight excluding hydrogens is 332 g/mol. The Hall–Kier alpha value is -2.80. The second-order valence-corrected chi connectivity index (χ2v) is 6.46. The molecule has 2 aromatic rings. The predicted molar refractivity (Wildman–Crippen MR) is 95.9 cm³/mol. The Bertz CT molecular complexity index is 761. The van der Waals surface area contributed by atoms with E-state index in [1.165, 1.54) is 5.56 Å². The molecule has 0 atom stereocenters. The average molecular weight is 354 g/mol. The van der Waals surface area contributed by atoms with Crippen molar-refractivity contribution in [3.63, 3.8) is 0 Å². The van der Waals surface area contributed by atoms with E-state index < -0.39 is 0 Å². The summed E-state index contributed by atoms with van der Waals surface area (Å²) >= 11 is 0. The van der Waals surface area contributed by atoms with Crippen LogP contribution < -0.4 is 14.8 Å². The summed E-state index contributed by atoms with van der Waals surface area (Å²) in [4.78, 5) is 20.5. The maximum atomic E-state index is 12.3. The quantitative estimate of drug-likeness (QED) is 0.907. The zero-order valence-corrected chi connectivity index (χ0v) is 14.6. The van der Waals surface area contributed by atoms with E-state index in [1.807, 2.05) is 29.2 Å². The number of rotatable bonds is 4. The van der Waals surface area contributed by atoms with E-state index >= 15 is 0 Å². The van der Waals surface area contributed by atoms with E-state index in [0.29, 0.717) is 13.3 Å². The van der Waals surface area contributed by atoms with E-state index in [1.54, 1.807) is 12.4 Å². The summed E-state index contributed by atoms with van der Waals surface area (Å²) in [6.45, 7) is 4.85. The molecule has 1 aromatic heterocycles. The Morgan fingerprint density at radius 2 is 1.77 bits per heavy atom. The number of aromatic nitrogens is 1. The molecule has 3 heterocycles. The van der Waals surface area contributed by atoms with Gasteiger partial charge in [0.2, 0.25) is 6.79 Å². The summed E-state index contributed by atoms with van der Waals surface area (Å²) in [7, 11) is 0. The van der Waals surface area contributed by atoms with Gasteiger partial charge in [-0.3, -0.25) is 9.88 Å². The monoisotopic (exact) mass is 354 g/mol. The maximum absolute atomic E-state index is 12.3. The van der Waals surface area contributed by atoms with E-state index in [9.17, 15) is 4.79 Å². The zero-order valence-electron chi connectivity index (χ0n) is 14.6. The van der Waals surface area contributed by atoms with Crippen LogP contribution in [0.5, 0.6) is 11.5 Å². The Morgan fingerprint density at radius 1 is 1.00 bits per heavy atom. The van der Waals surface area contributed by atoms with Gasteiger partial charge in [0.25, 0.3) is 0 Å². The standard InChI is InChI=1S/C19H22N4O3/c24-19(21-12-15-3-5-20-6-4-15)23-9-7-22(8-10-23)13-16-1-2-17-18(11-16)26-14-25-17/h1-6,11H,7-10,12-14H2,(H,21,24). The third-order valence-corrected chi connectivity index (χ3v) is 4.70. The molecule has 136 valence electrons. The second-order valence-electron chi connectivity index (χ2n) is 6.46. The molecular formula is C19H22N4O3. The van der Waals surface area contributed by atoms with Gasteiger partial charge in [0, 0.05) is 51.7 Å². The van der Waals surface area contributed by atoms with Gasteiger partial charge in [0.15, 0.2) is 11.5 Å². The molecule has 0 unspecified atom stereocenters. The molecule has 2 aliphatic heterocycles. The SMILES string of the molecule is O=C(NCc1ccncc1)N1CCN(Cc2ccc3c(c2)OCO3)CC1. The summed E-state index contributed by atoms with van der Waals surface area (Å²) in [5.41, 5.74) is 2.25. The van der Waals surface area contributed by atoms with Crippen molar-refractivity contribution >= 4 is 6.03 Å². The highest BCUT2D eigenvalue weighted by atomic mass is 16.7. The number of carbonyl (C=O) groups excluding carboxylic acids is 1. The fourth-order valence-electron chi connectivity index (χ4n) is 3.20. The number of nitrogens with one attached hydrogen (secondary N) is 1. The van der Waals surface area contributed by atoms with Crippen LogP contribution >= 0.6 is 0 Å². The number of fused-ring (bicyclic) bond motifs is 1. The smallest absolute Gasteiger partial charge is 0.317 e. The highest BCUT2D eigenvalue weighted by Gasteiger charge is 2.21. The van der Waals surface area contributed by atoms with Crippen molar-refractivity contribution in [3.8, 4) is 11.5 Å². The molecule has 7 nitrogen and oxygen atoms in total. The van der Waals surface area contributed by atoms with Crippen molar-refractivity contribution in [1.29, 1.82) is 0 Å². The molecule has 4 rings (SSSR count). The molecule has 26 heavy (non-hydrogen) atoms. The molecule has 2 amide bonds. The summed E-state index contributed by atoms with van der Waals surface area (Å²) in [5.74, 6) is 1.63. The first-order chi connectivity index (χ1) is 12.8. The van der Waals surface area contributed by atoms with Crippen LogP contribution in [-0.4, -0.2) is 53.8 Å². The van der Waals surface area contributed by atoms with Crippen molar-refractivity contribution in [3.05, 3.63) is 53.9 Å². The Kier molecular flexibility index (Phi) is 4.88. The van der Waals surface area contributed by atoms with E-state index in [4.69, 9.17) is 9.47 Å². The second kappa shape index (κ2) is 7.61. The highest BCUT2D eigenvalue weighted by molar-refractivity contribution is 5.74. The molecule has 2 aliphatic rings. The third-order valence-electron chi connectivity index (χ3n) is 4.70. The fraction of sp³-hybridized carbons (Fsp3) is 0.368. The molecule has 0 bridgehead atoms. The summed E-state index contributed by atoms with van der Waals surface area (Å²) < 4.78 is 10.8. The van der Waals surface area contributed by atoms with E-state index in [2.05, 4.69) is 21.3 Å². The first-order valence-corrected chi connectivity index (χ1v) is 8.80. The Balaban J connectivity index is 1.24. The Labute approximate surface area is 152 Å². The summed E-state index contributed by atoms with van der Waals surface area (Å²) in [6.07, 6.45) is 3.47. The molecule has 0 saturated carbocycles. The lowest BCUT2D eigenvalue weighted by atomic mass is 10.1.